The van der Waals surface area contributed by atoms with Crippen molar-refractivity contribution in [1.82, 2.24) is 0 Å². The van der Waals surface area contributed by atoms with Crippen molar-refractivity contribution >= 4 is 28.1 Å². The molecule has 1 aromatic heterocycles. The fraction of sp³-hybridized carbons (Fsp3) is 0.211. The van der Waals surface area contributed by atoms with Crippen molar-refractivity contribution in [2.45, 2.75) is 19.3 Å². The largest absolute Gasteiger partial charge is 0.494 e. The van der Waals surface area contributed by atoms with E-state index in [0.717, 1.165) is 27.0 Å². The Morgan fingerprint density at radius 2 is 2.00 bits per heavy atom. The van der Waals surface area contributed by atoms with Crippen LogP contribution in [-0.4, -0.2) is 17.7 Å². The Bertz CT molecular complexity index is 809. The highest BCUT2D eigenvalue weighted by atomic mass is 32.1. The highest BCUT2D eigenvalue weighted by Gasteiger charge is 2.24. The number of rotatable bonds is 6. The van der Waals surface area contributed by atoms with Crippen LogP contribution in [0.3, 0.4) is 0 Å². The van der Waals surface area contributed by atoms with Gasteiger partial charge in [-0.25, -0.2) is 0 Å². The average molecular weight is 326 g/mol. The molecule has 3 aromatic rings. The summed E-state index contributed by atoms with van der Waals surface area (Å²) < 4.78 is 5.75. The number of carbonyl (C=O) groups is 1. The Morgan fingerprint density at radius 3 is 2.70 bits per heavy atom. The molecule has 0 radical (unpaired) electrons. The molecule has 118 valence electrons. The van der Waals surface area contributed by atoms with E-state index < -0.39 is 11.9 Å². The summed E-state index contributed by atoms with van der Waals surface area (Å²) in [6, 6.07) is 15.8. The molecule has 1 heterocycles. The number of carboxylic acid groups (broad SMARTS) is 1. The molecule has 0 aliphatic carbocycles. The quantitative estimate of drug-likeness (QED) is 0.713. The van der Waals surface area contributed by atoms with Gasteiger partial charge in [0.15, 0.2) is 0 Å². The summed E-state index contributed by atoms with van der Waals surface area (Å²) in [7, 11) is 0. The molecule has 2 aromatic carbocycles. The Labute approximate surface area is 139 Å². The van der Waals surface area contributed by atoms with Crippen LogP contribution in [0.1, 0.15) is 23.3 Å². The van der Waals surface area contributed by atoms with E-state index in [9.17, 15) is 9.90 Å². The third kappa shape index (κ3) is 3.22. The van der Waals surface area contributed by atoms with Crippen molar-refractivity contribution in [3.8, 4) is 5.75 Å². The van der Waals surface area contributed by atoms with Gasteiger partial charge in [-0.3, -0.25) is 4.79 Å². The summed E-state index contributed by atoms with van der Waals surface area (Å²) >= 11 is 1.48. The van der Waals surface area contributed by atoms with Crippen LogP contribution in [0.5, 0.6) is 5.75 Å². The van der Waals surface area contributed by atoms with E-state index in [-0.39, 0.29) is 0 Å². The molecule has 0 fully saturated rings. The number of aliphatic carboxylic acids is 1. The van der Waals surface area contributed by atoms with Gasteiger partial charge in [-0.05, 0) is 41.6 Å². The summed E-state index contributed by atoms with van der Waals surface area (Å²) in [5.41, 5.74) is 0.964. The Balaban J connectivity index is 2.09. The molecule has 0 aliphatic heterocycles. The summed E-state index contributed by atoms with van der Waals surface area (Å²) in [6.45, 7) is 2.50. The van der Waals surface area contributed by atoms with Crippen molar-refractivity contribution < 1.29 is 14.6 Å². The third-order valence-corrected chi connectivity index (χ3v) is 4.88. The molecule has 1 unspecified atom stereocenters. The molecule has 0 saturated heterocycles. The SMILES string of the molecule is CCOc1ccc2ccccc2c1CC(C(=O)O)c1cccs1. The summed E-state index contributed by atoms with van der Waals surface area (Å²) in [6.07, 6.45) is 0.423. The van der Waals surface area contributed by atoms with E-state index in [1.165, 1.54) is 11.3 Å². The Kier molecular flexibility index (Phi) is 4.63. The van der Waals surface area contributed by atoms with Gasteiger partial charge in [0.05, 0.1) is 12.5 Å². The molecular weight excluding hydrogens is 308 g/mol. The maximum Gasteiger partial charge on any atom is 0.312 e. The molecule has 1 atom stereocenters. The number of hydrogen-bond acceptors (Lipinski definition) is 3. The second-order valence-corrected chi connectivity index (χ2v) is 6.29. The van der Waals surface area contributed by atoms with Crippen molar-refractivity contribution in [2.75, 3.05) is 6.61 Å². The number of hydrogen-bond donors (Lipinski definition) is 1. The van der Waals surface area contributed by atoms with Crippen molar-refractivity contribution in [3.63, 3.8) is 0 Å². The normalized spacial score (nSPS) is 12.2. The van der Waals surface area contributed by atoms with Crippen LogP contribution in [0, 0.1) is 0 Å². The zero-order valence-corrected chi connectivity index (χ0v) is 13.7. The molecule has 3 rings (SSSR count). The average Bonchev–Trinajstić information content (AvgIpc) is 3.07. The van der Waals surface area contributed by atoms with Crippen molar-refractivity contribution in [3.05, 3.63) is 64.4 Å². The van der Waals surface area contributed by atoms with E-state index >= 15 is 0 Å². The minimum Gasteiger partial charge on any atom is -0.494 e. The van der Waals surface area contributed by atoms with Crippen molar-refractivity contribution in [1.29, 1.82) is 0 Å². The number of thiophene rings is 1. The van der Waals surface area contributed by atoms with Gasteiger partial charge < -0.3 is 9.84 Å². The monoisotopic (exact) mass is 326 g/mol. The lowest BCUT2D eigenvalue weighted by Crippen LogP contribution is -2.14. The highest BCUT2D eigenvalue weighted by Crippen LogP contribution is 2.34. The molecular formula is C19H18O3S. The van der Waals surface area contributed by atoms with Gasteiger partial charge in [0.1, 0.15) is 5.75 Å². The molecule has 0 bridgehead atoms. The van der Waals surface area contributed by atoms with E-state index in [2.05, 4.69) is 0 Å². The van der Waals surface area contributed by atoms with Gasteiger partial charge >= 0.3 is 5.97 Å². The first-order chi connectivity index (χ1) is 11.2. The standard InChI is InChI=1S/C19H18O3S/c1-2-22-17-10-9-13-6-3-4-7-14(13)15(17)12-16(19(20)21)18-8-5-11-23-18/h3-11,16H,2,12H2,1H3,(H,20,21). The number of carboxylic acids is 1. The molecule has 0 spiro atoms. The topological polar surface area (TPSA) is 46.5 Å². The lowest BCUT2D eigenvalue weighted by atomic mass is 9.93. The number of ether oxygens (including phenoxy) is 1. The fourth-order valence-corrected chi connectivity index (χ4v) is 3.64. The number of fused-ring (bicyclic) bond motifs is 1. The van der Waals surface area contributed by atoms with Crippen LogP contribution >= 0.6 is 11.3 Å². The molecule has 0 aliphatic rings. The van der Waals surface area contributed by atoms with Gasteiger partial charge in [-0.15, -0.1) is 11.3 Å². The molecule has 4 heteroatoms. The van der Waals surface area contributed by atoms with Gasteiger partial charge in [-0.2, -0.15) is 0 Å². The van der Waals surface area contributed by atoms with Gasteiger partial charge in [-0.1, -0.05) is 36.4 Å². The predicted molar refractivity (Wildman–Crippen MR) is 93.5 cm³/mol. The van der Waals surface area contributed by atoms with E-state index in [4.69, 9.17) is 4.74 Å². The highest BCUT2D eigenvalue weighted by molar-refractivity contribution is 7.10. The first-order valence-electron chi connectivity index (χ1n) is 7.60. The second-order valence-electron chi connectivity index (χ2n) is 5.31. The van der Waals surface area contributed by atoms with E-state index in [0.29, 0.717) is 13.0 Å². The first-order valence-corrected chi connectivity index (χ1v) is 8.48. The first kappa shape index (κ1) is 15.6. The van der Waals surface area contributed by atoms with Gasteiger partial charge in [0, 0.05) is 10.4 Å². The zero-order valence-electron chi connectivity index (χ0n) is 12.9. The summed E-state index contributed by atoms with van der Waals surface area (Å²) in [5.74, 6) is -0.586. The summed E-state index contributed by atoms with van der Waals surface area (Å²) in [5, 5.41) is 13.7. The predicted octanol–water partition coefficient (Wildman–Crippen LogP) is 4.71. The Morgan fingerprint density at radius 1 is 1.17 bits per heavy atom. The van der Waals surface area contributed by atoms with Gasteiger partial charge in [0.2, 0.25) is 0 Å². The van der Waals surface area contributed by atoms with E-state index in [1.54, 1.807) is 0 Å². The number of benzene rings is 2. The van der Waals surface area contributed by atoms with E-state index in [1.807, 2.05) is 60.8 Å². The van der Waals surface area contributed by atoms with Crippen LogP contribution in [0.2, 0.25) is 0 Å². The smallest absolute Gasteiger partial charge is 0.312 e. The third-order valence-electron chi connectivity index (χ3n) is 3.89. The zero-order chi connectivity index (χ0) is 16.2. The lowest BCUT2D eigenvalue weighted by Gasteiger charge is -2.17. The van der Waals surface area contributed by atoms with Crippen LogP contribution in [-0.2, 0) is 11.2 Å². The van der Waals surface area contributed by atoms with Crippen LogP contribution < -0.4 is 4.74 Å². The minimum absolute atomic E-state index is 0.423. The lowest BCUT2D eigenvalue weighted by molar-refractivity contribution is -0.138. The Hall–Kier alpha value is -2.33. The minimum atomic E-state index is -0.803. The maximum absolute atomic E-state index is 11.8. The molecule has 0 saturated carbocycles. The molecule has 23 heavy (non-hydrogen) atoms. The molecule has 0 amide bonds. The molecule has 1 N–H and O–H groups in total. The second kappa shape index (κ2) is 6.84. The van der Waals surface area contributed by atoms with Crippen LogP contribution in [0.15, 0.2) is 53.9 Å². The van der Waals surface area contributed by atoms with Crippen LogP contribution in [0.25, 0.3) is 10.8 Å². The van der Waals surface area contributed by atoms with Crippen LogP contribution in [0.4, 0.5) is 0 Å². The summed E-state index contributed by atoms with van der Waals surface area (Å²) in [4.78, 5) is 12.6. The maximum atomic E-state index is 11.8. The molecule has 3 nitrogen and oxygen atoms in total. The van der Waals surface area contributed by atoms with Gasteiger partial charge in [0.25, 0.3) is 0 Å². The van der Waals surface area contributed by atoms with Crippen molar-refractivity contribution in [2.24, 2.45) is 0 Å². The fourth-order valence-electron chi connectivity index (χ4n) is 2.82.